The summed E-state index contributed by atoms with van der Waals surface area (Å²) >= 11 is 0. The highest BCUT2D eigenvalue weighted by Gasteiger charge is 2.44. The van der Waals surface area contributed by atoms with E-state index in [-0.39, 0.29) is 11.3 Å². The van der Waals surface area contributed by atoms with Crippen LogP contribution in [0.25, 0.3) is 11.0 Å². The van der Waals surface area contributed by atoms with Gasteiger partial charge in [0.15, 0.2) is 0 Å². The number of hydrogen-bond donors (Lipinski definition) is 0. The molecule has 0 N–H and O–H groups in total. The van der Waals surface area contributed by atoms with Gasteiger partial charge in [0.2, 0.25) is 0 Å². The Bertz CT molecular complexity index is 1510. The third-order valence-corrected chi connectivity index (χ3v) is 10.5. The Balaban J connectivity index is 1.07. The number of para-hydroxylation sites is 2. The predicted molar refractivity (Wildman–Crippen MR) is 160 cm³/mol. The third-order valence-electron chi connectivity index (χ3n) is 10.5. The molecule has 3 aliphatic rings. The fourth-order valence-electron chi connectivity index (χ4n) is 8.35. The van der Waals surface area contributed by atoms with Gasteiger partial charge in [0.05, 0.1) is 16.7 Å². The van der Waals surface area contributed by atoms with Gasteiger partial charge in [-0.15, -0.1) is 0 Å². The highest BCUT2D eigenvalue weighted by atomic mass is 16.5. The minimum absolute atomic E-state index is 0.0605. The van der Waals surface area contributed by atoms with Crippen molar-refractivity contribution in [1.29, 1.82) is 0 Å². The van der Waals surface area contributed by atoms with Gasteiger partial charge in [0.25, 0.3) is 5.91 Å². The normalized spacial score (nSPS) is 24.3. The number of aromatic nitrogens is 3. The molecule has 2 aromatic heterocycles. The number of rotatable bonds is 6. The van der Waals surface area contributed by atoms with Gasteiger partial charge in [-0.3, -0.25) is 9.69 Å². The molecule has 7 rings (SSSR count). The number of imidazole rings is 1. The number of benzene rings is 2. The Morgan fingerprint density at radius 3 is 2.29 bits per heavy atom. The molecular weight excluding hydrogens is 510 g/mol. The molecule has 0 spiro atoms. The summed E-state index contributed by atoms with van der Waals surface area (Å²) in [6.07, 6.45) is 8.10. The van der Waals surface area contributed by atoms with Crippen LogP contribution >= 0.6 is 0 Å². The van der Waals surface area contributed by atoms with Gasteiger partial charge in [0, 0.05) is 31.2 Å². The van der Waals surface area contributed by atoms with Crippen molar-refractivity contribution in [2.45, 2.75) is 89.3 Å². The maximum atomic E-state index is 13.4. The Kier molecular flexibility index (Phi) is 6.73. The molecule has 3 fully saturated rings. The van der Waals surface area contributed by atoms with Gasteiger partial charge in [-0.05, 0) is 95.4 Å². The van der Waals surface area contributed by atoms with E-state index in [0.717, 1.165) is 50.2 Å². The molecular formula is C34H41N5O2. The minimum atomic E-state index is 0.0605. The van der Waals surface area contributed by atoms with Crippen LogP contribution in [0.15, 0.2) is 59.1 Å². The molecule has 1 unspecified atom stereocenters. The molecule has 0 radical (unpaired) electrons. The number of amides is 1. The average Bonchev–Trinajstić information content (AvgIpc) is 3.59. The van der Waals surface area contributed by atoms with Crippen LogP contribution in [0.5, 0.6) is 0 Å². The fraction of sp³-hybridized carbons (Fsp3) is 0.500. The summed E-state index contributed by atoms with van der Waals surface area (Å²) in [5, 5.41) is 4.02. The van der Waals surface area contributed by atoms with E-state index in [1.165, 1.54) is 36.8 Å². The number of likely N-dealkylation sites (tertiary alicyclic amines) is 1. The highest BCUT2D eigenvalue weighted by molar-refractivity contribution is 5.96. The molecule has 7 heteroatoms. The van der Waals surface area contributed by atoms with Crippen molar-refractivity contribution in [3.63, 3.8) is 0 Å². The van der Waals surface area contributed by atoms with E-state index in [1.807, 2.05) is 18.7 Å². The Hall–Kier alpha value is -3.45. The van der Waals surface area contributed by atoms with Crippen molar-refractivity contribution in [3.05, 3.63) is 83.0 Å². The van der Waals surface area contributed by atoms with Crippen LogP contribution in [0.4, 0.5) is 0 Å². The number of piperidine rings is 2. The Labute approximate surface area is 242 Å². The fourth-order valence-corrected chi connectivity index (χ4v) is 8.35. The quantitative estimate of drug-likeness (QED) is 0.278. The second-order valence-electron chi connectivity index (χ2n) is 12.7. The smallest absolute Gasteiger partial charge is 0.259 e. The SMILES string of the molecule is Cc1noc(C)c1C(=O)N1CCC(CCN2[C@@H]3CC[C@H]2CC(n2c(C)nc4ccccc42)C3)(c2ccccc2)CC1. The van der Waals surface area contributed by atoms with Gasteiger partial charge in [-0.25, -0.2) is 4.98 Å². The lowest BCUT2D eigenvalue weighted by atomic mass is 9.70. The number of hydrogen-bond acceptors (Lipinski definition) is 5. The van der Waals surface area contributed by atoms with Crippen LogP contribution < -0.4 is 0 Å². The highest BCUT2D eigenvalue weighted by Crippen LogP contribution is 2.45. The van der Waals surface area contributed by atoms with E-state index in [2.05, 4.69) is 76.1 Å². The summed E-state index contributed by atoms with van der Waals surface area (Å²) in [6, 6.07) is 21.5. The van der Waals surface area contributed by atoms with E-state index in [9.17, 15) is 4.79 Å². The molecule has 1 amide bonds. The van der Waals surface area contributed by atoms with Crippen molar-refractivity contribution in [2.75, 3.05) is 19.6 Å². The van der Waals surface area contributed by atoms with Crippen LogP contribution in [0.1, 0.15) is 84.2 Å². The Morgan fingerprint density at radius 2 is 1.61 bits per heavy atom. The summed E-state index contributed by atoms with van der Waals surface area (Å²) in [4.78, 5) is 23.1. The van der Waals surface area contributed by atoms with E-state index in [0.29, 0.717) is 35.1 Å². The molecule has 214 valence electrons. The van der Waals surface area contributed by atoms with Gasteiger partial charge in [-0.1, -0.05) is 47.6 Å². The van der Waals surface area contributed by atoms with Crippen molar-refractivity contribution >= 4 is 16.9 Å². The third kappa shape index (κ3) is 4.58. The maximum Gasteiger partial charge on any atom is 0.259 e. The molecule has 3 aliphatic heterocycles. The second kappa shape index (κ2) is 10.4. The lowest BCUT2D eigenvalue weighted by Crippen LogP contribution is -2.49. The zero-order valence-electron chi connectivity index (χ0n) is 24.6. The summed E-state index contributed by atoms with van der Waals surface area (Å²) in [5.74, 6) is 1.82. The van der Waals surface area contributed by atoms with Gasteiger partial charge >= 0.3 is 0 Å². The standard InChI is InChI=1S/C34H41N5O2/c1-23-32(24(2)41-36-23)33(40)37-18-15-34(16-19-37,26-9-5-4-6-10-26)17-20-38-27-13-14-28(38)22-29(21-27)39-25(3)35-30-11-7-8-12-31(30)39/h4-12,27-29H,13-22H2,1-3H3/t27-,28+,29?. The largest absolute Gasteiger partial charge is 0.361 e. The van der Waals surface area contributed by atoms with E-state index in [1.54, 1.807) is 0 Å². The van der Waals surface area contributed by atoms with Crippen molar-refractivity contribution < 1.29 is 9.32 Å². The topological polar surface area (TPSA) is 67.4 Å². The predicted octanol–water partition coefficient (Wildman–Crippen LogP) is 6.38. The molecule has 7 nitrogen and oxygen atoms in total. The first kappa shape index (κ1) is 26.4. The molecule has 0 saturated carbocycles. The lowest BCUT2D eigenvalue weighted by Gasteiger charge is -2.45. The van der Waals surface area contributed by atoms with E-state index in [4.69, 9.17) is 9.51 Å². The lowest BCUT2D eigenvalue weighted by molar-refractivity contribution is 0.0605. The summed E-state index contributed by atoms with van der Waals surface area (Å²) in [7, 11) is 0. The molecule has 3 atom stereocenters. The first-order valence-electron chi connectivity index (χ1n) is 15.4. The number of aryl methyl sites for hydroxylation is 3. The summed E-state index contributed by atoms with van der Waals surface area (Å²) in [5.41, 5.74) is 5.23. The second-order valence-corrected chi connectivity index (χ2v) is 12.7. The molecule has 0 aliphatic carbocycles. The summed E-state index contributed by atoms with van der Waals surface area (Å²) in [6.45, 7) is 8.51. The van der Waals surface area contributed by atoms with Crippen LogP contribution in [0.2, 0.25) is 0 Å². The number of carbonyl (C=O) groups excluding carboxylic acids is 1. The van der Waals surface area contributed by atoms with Crippen molar-refractivity contribution in [3.8, 4) is 0 Å². The van der Waals surface area contributed by atoms with E-state index < -0.39 is 0 Å². The monoisotopic (exact) mass is 551 g/mol. The zero-order valence-corrected chi connectivity index (χ0v) is 24.6. The number of fused-ring (bicyclic) bond motifs is 3. The van der Waals surface area contributed by atoms with Gasteiger partial charge in [0.1, 0.15) is 17.1 Å². The first-order chi connectivity index (χ1) is 19.9. The number of carbonyl (C=O) groups is 1. The summed E-state index contributed by atoms with van der Waals surface area (Å²) < 4.78 is 7.82. The van der Waals surface area contributed by atoms with Crippen LogP contribution in [0, 0.1) is 20.8 Å². The molecule has 3 saturated heterocycles. The van der Waals surface area contributed by atoms with Crippen molar-refractivity contribution in [1.82, 2.24) is 24.5 Å². The van der Waals surface area contributed by atoms with Crippen LogP contribution in [-0.4, -0.2) is 62.1 Å². The minimum Gasteiger partial charge on any atom is -0.361 e. The molecule has 41 heavy (non-hydrogen) atoms. The molecule has 2 bridgehead atoms. The molecule has 5 heterocycles. The molecule has 4 aromatic rings. The van der Waals surface area contributed by atoms with Crippen LogP contribution in [0.3, 0.4) is 0 Å². The van der Waals surface area contributed by atoms with Crippen molar-refractivity contribution in [2.24, 2.45) is 0 Å². The Morgan fingerprint density at radius 1 is 0.927 bits per heavy atom. The van der Waals surface area contributed by atoms with Crippen LogP contribution in [-0.2, 0) is 5.41 Å². The van der Waals surface area contributed by atoms with Gasteiger partial charge < -0.3 is 14.0 Å². The first-order valence-corrected chi connectivity index (χ1v) is 15.4. The molecule has 2 aromatic carbocycles. The maximum absolute atomic E-state index is 13.4. The van der Waals surface area contributed by atoms with Gasteiger partial charge in [-0.2, -0.15) is 0 Å². The number of nitrogens with zero attached hydrogens (tertiary/aromatic N) is 5. The average molecular weight is 552 g/mol. The zero-order chi connectivity index (χ0) is 28.1. The van der Waals surface area contributed by atoms with E-state index >= 15 is 0 Å².